The van der Waals surface area contributed by atoms with Crippen LogP contribution >= 0.6 is 8.01 Å². The molecule has 0 bridgehead atoms. The van der Waals surface area contributed by atoms with Gasteiger partial charge < -0.3 is 8.39 Å². The van der Waals surface area contributed by atoms with Gasteiger partial charge in [-0.3, -0.25) is 0 Å². The maximum atomic E-state index is 7.59. The van der Waals surface area contributed by atoms with Gasteiger partial charge in [0.05, 0.1) is 5.66 Å². The number of aryl methyl sites for hydroxylation is 4. The average molecular weight is 659 g/mol. The van der Waals surface area contributed by atoms with E-state index in [9.17, 15) is 0 Å². The molecule has 0 atom stereocenters. The molecule has 3 aliphatic rings. The van der Waals surface area contributed by atoms with Crippen molar-refractivity contribution in [3.05, 3.63) is 119 Å². The zero-order valence-corrected chi connectivity index (χ0v) is 29.2. The monoisotopic (exact) mass is 658 g/mol. The molecule has 6 aromatic carbocycles. The molecule has 0 unspecified atom stereocenters. The molecule has 1 heterocycles. The SMILES string of the molecule is c1ccc2c(-c3cc4c(c5c3op(C3CCCCC3)oc3c(-c6cccc7ccccc67)cc6c(c35)CCCC6)CCCC4)cccc2c1. The van der Waals surface area contributed by atoms with Crippen molar-refractivity contribution in [2.45, 2.75) is 89.1 Å². The third-order valence-electron chi connectivity index (χ3n) is 11.9. The molecular formula is C46H43O2P. The fourth-order valence-electron chi connectivity index (χ4n) is 9.45. The topological polar surface area (TPSA) is 26.3 Å². The van der Waals surface area contributed by atoms with Crippen molar-refractivity contribution in [1.82, 2.24) is 0 Å². The summed E-state index contributed by atoms with van der Waals surface area (Å²) in [6.45, 7) is 0. The summed E-state index contributed by atoms with van der Waals surface area (Å²) >= 11 is 0. The van der Waals surface area contributed by atoms with Crippen LogP contribution in [0.25, 0.3) is 65.7 Å². The molecule has 3 aliphatic carbocycles. The lowest BCUT2D eigenvalue weighted by molar-refractivity contribution is 0.463. The summed E-state index contributed by atoms with van der Waals surface area (Å²) in [4.78, 5) is 0. The van der Waals surface area contributed by atoms with E-state index in [1.807, 2.05) is 0 Å². The smallest absolute Gasteiger partial charge is 0.219 e. The van der Waals surface area contributed by atoms with Crippen molar-refractivity contribution in [1.29, 1.82) is 0 Å². The Hall–Kier alpha value is -4.26. The third-order valence-corrected chi connectivity index (χ3v) is 13.7. The lowest BCUT2D eigenvalue weighted by atomic mass is 9.80. The molecule has 1 saturated carbocycles. The number of hydrogen-bond acceptors (Lipinski definition) is 2. The zero-order chi connectivity index (χ0) is 32.3. The highest BCUT2D eigenvalue weighted by atomic mass is 31.1. The van der Waals surface area contributed by atoms with Gasteiger partial charge >= 0.3 is 0 Å². The highest BCUT2D eigenvalue weighted by Gasteiger charge is 2.29. The van der Waals surface area contributed by atoms with Crippen LogP contribution in [0.2, 0.25) is 0 Å². The first-order chi connectivity index (χ1) is 24.3. The van der Waals surface area contributed by atoms with Crippen LogP contribution < -0.4 is 0 Å². The van der Waals surface area contributed by atoms with E-state index in [1.165, 1.54) is 135 Å². The van der Waals surface area contributed by atoms with Gasteiger partial charge in [0.2, 0.25) is 8.01 Å². The Morgan fingerprint density at radius 2 is 0.918 bits per heavy atom. The van der Waals surface area contributed by atoms with Crippen LogP contribution in [0.1, 0.15) is 85.7 Å². The van der Waals surface area contributed by atoms with Gasteiger partial charge in [-0.15, -0.1) is 0 Å². The van der Waals surface area contributed by atoms with Crippen molar-refractivity contribution in [3.8, 4) is 22.3 Å². The van der Waals surface area contributed by atoms with E-state index < -0.39 is 8.01 Å². The van der Waals surface area contributed by atoms with Crippen LogP contribution in [-0.2, 0) is 25.7 Å². The Morgan fingerprint density at radius 1 is 0.449 bits per heavy atom. The molecule has 0 saturated heterocycles. The molecule has 3 heteroatoms. The predicted molar refractivity (Wildman–Crippen MR) is 208 cm³/mol. The molecule has 0 amide bonds. The van der Waals surface area contributed by atoms with Crippen molar-refractivity contribution in [2.24, 2.45) is 0 Å². The van der Waals surface area contributed by atoms with E-state index in [1.54, 1.807) is 0 Å². The quantitative estimate of drug-likeness (QED) is 0.189. The van der Waals surface area contributed by atoms with Gasteiger partial charge in [-0.25, -0.2) is 0 Å². The van der Waals surface area contributed by atoms with E-state index in [2.05, 4.69) is 97.1 Å². The number of benzene rings is 6. The largest absolute Gasteiger partial charge is 0.418 e. The molecular weight excluding hydrogens is 615 g/mol. The number of fused-ring (bicyclic) bond motifs is 9. The summed E-state index contributed by atoms with van der Waals surface area (Å²) in [5, 5.41) is 7.87. The summed E-state index contributed by atoms with van der Waals surface area (Å²) in [6, 6.07) is 36.4. The van der Waals surface area contributed by atoms with Crippen molar-refractivity contribution >= 4 is 51.5 Å². The third kappa shape index (κ3) is 4.98. The normalized spacial score (nSPS) is 16.7. The van der Waals surface area contributed by atoms with E-state index in [-0.39, 0.29) is 0 Å². The van der Waals surface area contributed by atoms with E-state index in [0.717, 1.165) is 36.8 Å². The molecule has 1 fully saturated rings. The van der Waals surface area contributed by atoms with E-state index in [4.69, 9.17) is 8.39 Å². The van der Waals surface area contributed by atoms with Crippen LogP contribution in [0, 0.1) is 0 Å². The molecule has 0 spiro atoms. The first-order valence-corrected chi connectivity index (χ1v) is 20.1. The number of hydrogen-bond donors (Lipinski definition) is 0. The molecule has 2 nitrogen and oxygen atoms in total. The Morgan fingerprint density at radius 3 is 1.45 bits per heavy atom. The average Bonchev–Trinajstić information content (AvgIpc) is 3.36. The van der Waals surface area contributed by atoms with Gasteiger partial charge in [0, 0.05) is 21.9 Å². The minimum atomic E-state index is -1.22. The first kappa shape index (κ1) is 29.6. The van der Waals surface area contributed by atoms with Gasteiger partial charge in [0.15, 0.2) is 0 Å². The second kappa shape index (κ2) is 12.3. The van der Waals surface area contributed by atoms with Crippen molar-refractivity contribution in [2.75, 3.05) is 0 Å². The Labute approximate surface area is 289 Å². The Kier molecular flexibility index (Phi) is 7.41. The van der Waals surface area contributed by atoms with Gasteiger partial charge in [-0.2, -0.15) is 0 Å². The summed E-state index contributed by atoms with van der Waals surface area (Å²) in [5.74, 6) is 0. The second-order valence-electron chi connectivity index (χ2n) is 14.8. The van der Waals surface area contributed by atoms with Crippen LogP contribution in [0.15, 0.2) is 105 Å². The minimum Gasteiger partial charge on any atom is -0.418 e. The molecule has 0 N–H and O–H groups in total. The Bertz CT molecular complexity index is 2270. The van der Waals surface area contributed by atoms with E-state index >= 15 is 0 Å². The van der Waals surface area contributed by atoms with Gasteiger partial charge in [-0.1, -0.05) is 104 Å². The van der Waals surface area contributed by atoms with Gasteiger partial charge in [0.1, 0.15) is 11.2 Å². The number of rotatable bonds is 3. The fraction of sp³-hybridized carbons (Fsp3) is 0.304. The summed E-state index contributed by atoms with van der Waals surface area (Å²) in [6.07, 6.45) is 15.6. The molecule has 10 rings (SSSR count). The standard InChI is InChI=1S/C46H43O2P/c1-2-20-34(21-3-1)49-47-45-41(39-26-12-18-30-14-4-8-22-35(30)39)28-32-16-6-10-24-37(32)43(45)44-38-25-11-7-17-33(38)29-42(46(44)48-49)40-27-13-19-31-15-5-9-23-36(31)40/h4-5,8-9,12-15,18-19,22-23,26-29,34H,1-3,6-7,10-11,16-17,20-21,24-25H2. The maximum absolute atomic E-state index is 7.59. The summed E-state index contributed by atoms with van der Waals surface area (Å²) < 4.78 is 15.2. The molecule has 244 valence electrons. The molecule has 0 aliphatic heterocycles. The van der Waals surface area contributed by atoms with Crippen LogP contribution in [-0.4, -0.2) is 0 Å². The van der Waals surface area contributed by atoms with E-state index in [0.29, 0.717) is 5.66 Å². The highest BCUT2D eigenvalue weighted by Crippen LogP contribution is 2.54. The molecule has 7 aromatic rings. The van der Waals surface area contributed by atoms with Gasteiger partial charge in [-0.05, 0) is 131 Å². The molecule has 49 heavy (non-hydrogen) atoms. The predicted octanol–water partition coefficient (Wildman–Crippen LogP) is 14.2. The minimum absolute atomic E-state index is 0.426. The second-order valence-corrected chi connectivity index (χ2v) is 16.4. The van der Waals surface area contributed by atoms with Gasteiger partial charge in [0.25, 0.3) is 0 Å². The van der Waals surface area contributed by atoms with Crippen molar-refractivity contribution in [3.63, 3.8) is 0 Å². The van der Waals surface area contributed by atoms with Crippen LogP contribution in [0.3, 0.4) is 0 Å². The summed E-state index contributed by atoms with van der Waals surface area (Å²) in [7, 11) is -1.22. The lowest BCUT2D eigenvalue weighted by Gasteiger charge is -2.23. The maximum Gasteiger partial charge on any atom is 0.219 e. The Balaban J connectivity index is 1.43. The van der Waals surface area contributed by atoms with Crippen LogP contribution in [0.5, 0.6) is 0 Å². The van der Waals surface area contributed by atoms with Crippen LogP contribution in [0.4, 0.5) is 0 Å². The molecule has 1 aromatic heterocycles. The fourth-order valence-corrected chi connectivity index (χ4v) is 11.3. The highest BCUT2D eigenvalue weighted by molar-refractivity contribution is 7.37. The lowest BCUT2D eigenvalue weighted by Crippen LogP contribution is -2.07. The van der Waals surface area contributed by atoms with Crippen molar-refractivity contribution < 1.29 is 8.39 Å². The first-order valence-electron chi connectivity index (χ1n) is 18.8. The summed E-state index contributed by atoms with van der Waals surface area (Å²) in [5.41, 5.74) is 13.7. The molecule has 0 radical (unpaired) electrons. The zero-order valence-electron chi connectivity index (χ0n) is 28.3.